The van der Waals surface area contributed by atoms with E-state index in [1.54, 1.807) is 36.4 Å². The Bertz CT molecular complexity index is 982. The molecule has 0 aliphatic carbocycles. The molecule has 0 bridgehead atoms. The number of aromatic nitrogens is 2. The number of piperazine rings is 1. The van der Waals surface area contributed by atoms with Crippen molar-refractivity contribution in [3.8, 4) is 11.4 Å². The molecule has 0 atom stereocenters. The molecule has 8 heteroatoms. The highest BCUT2D eigenvalue weighted by molar-refractivity contribution is 5.89. The number of hydrogen-bond acceptors (Lipinski definition) is 7. The fourth-order valence-corrected chi connectivity index (χ4v) is 3.36. The van der Waals surface area contributed by atoms with Crippen molar-refractivity contribution in [1.82, 2.24) is 15.0 Å². The quantitative estimate of drug-likeness (QED) is 0.614. The van der Waals surface area contributed by atoms with Gasteiger partial charge in [-0.2, -0.15) is 4.98 Å². The van der Waals surface area contributed by atoms with Gasteiger partial charge in [0.25, 0.3) is 0 Å². The fourth-order valence-electron chi connectivity index (χ4n) is 3.36. The molecule has 1 fully saturated rings. The molecule has 1 aliphatic rings. The second-order valence-corrected chi connectivity index (χ2v) is 6.80. The number of carbonyl (C=O) groups is 1. The summed E-state index contributed by atoms with van der Waals surface area (Å²) in [6.45, 7) is 3.56. The van der Waals surface area contributed by atoms with E-state index in [0.717, 1.165) is 31.7 Å². The maximum atomic E-state index is 14.0. The van der Waals surface area contributed by atoms with Gasteiger partial charge in [0, 0.05) is 31.7 Å². The number of methoxy groups -OCH3 is 1. The van der Waals surface area contributed by atoms with Crippen molar-refractivity contribution >= 4 is 11.7 Å². The number of rotatable bonds is 5. The molecule has 0 unspecified atom stereocenters. The number of nitrogens with zero attached hydrogens (tertiary/aromatic N) is 4. The topological polar surface area (TPSA) is 71.7 Å². The third kappa shape index (κ3) is 4.27. The fraction of sp³-hybridized carbons (Fsp3) is 0.286. The second kappa shape index (κ2) is 8.40. The van der Waals surface area contributed by atoms with E-state index in [4.69, 9.17) is 9.26 Å². The van der Waals surface area contributed by atoms with E-state index < -0.39 is 0 Å². The zero-order valence-corrected chi connectivity index (χ0v) is 16.0. The van der Waals surface area contributed by atoms with Crippen LogP contribution in [0.4, 0.5) is 10.1 Å². The third-order valence-electron chi connectivity index (χ3n) is 4.96. The largest absolute Gasteiger partial charge is 0.465 e. The van der Waals surface area contributed by atoms with Crippen LogP contribution in [0.1, 0.15) is 16.2 Å². The Balaban J connectivity index is 1.35. The van der Waals surface area contributed by atoms with Gasteiger partial charge in [0.05, 0.1) is 24.9 Å². The summed E-state index contributed by atoms with van der Waals surface area (Å²) in [6, 6.07) is 13.7. The first kappa shape index (κ1) is 19.1. The lowest BCUT2D eigenvalue weighted by Crippen LogP contribution is -2.46. The first-order valence-electron chi connectivity index (χ1n) is 9.37. The molecule has 1 aliphatic heterocycles. The zero-order chi connectivity index (χ0) is 20.2. The van der Waals surface area contributed by atoms with Gasteiger partial charge >= 0.3 is 5.97 Å². The lowest BCUT2D eigenvalue weighted by Gasteiger charge is -2.35. The number of esters is 1. The molecule has 1 aromatic heterocycles. The molecule has 3 aromatic rings. The van der Waals surface area contributed by atoms with Gasteiger partial charge in [-0.1, -0.05) is 29.4 Å². The molecule has 1 saturated heterocycles. The minimum atomic E-state index is -0.389. The maximum absolute atomic E-state index is 14.0. The van der Waals surface area contributed by atoms with E-state index in [0.29, 0.717) is 29.5 Å². The normalized spacial score (nSPS) is 14.8. The van der Waals surface area contributed by atoms with Crippen LogP contribution >= 0.6 is 0 Å². The minimum Gasteiger partial charge on any atom is -0.465 e. The number of anilines is 1. The molecule has 150 valence electrons. The predicted molar refractivity (Wildman–Crippen MR) is 105 cm³/mol. The highest BCUT2D eigenvalue weighted by Gasteiger charge is 2.21. The van der Waals surface area contributed by atoms with Gasteiger partial charge < -0.3 is 14.2 Å². The standard InChI is InChI=1S/C21H21FN4O3/c1-28-21(27)16-8-6-15(7-9-16)20-23-19(29-24-20)14-25-10-12-26(13-11-25)18-5-3-2-4-17(18)22/h2-9H,10-14H2,1H3. The van der Waals surface area contributed by atoms with Gasteiger partial charge in [0.1, 0.15) is 5.82 Å². The monoisotopic (exact) mass is 396 g/mol. The van der Waals surface area contributed by atoms with Gasteiger partial charge in [-0.15, -0.1) is 0 Å². The maximum Gasteiger partial charge on any atom is 0.337 e. The van der Waals surface area contributed by atoms with Crippen molar-refractivity contribution in [3.05, 3.63) is 65.8 Å². The first-order valence-corrected chi connectivity index (χ1v) is 9.37. The Morgan fingerprint density at radius 2 is 1.83 bits per heavy atom. The first-order chi connectivity index (χ1) is 14.1. The Kier molecular flexibility index (Phi) is 5.53. The van der Waals surface area contributed by atoms with Crippen LogP contribution in [0.25, 0.3) is 11.4 Å². The van der Waals surface area contributed by atoms with Crippen LogP contribution in [-0.4, -0.2) is 54.3 Å². The molecular weight excluding hydrogens is 375 g/mol. The lowest BCUT2D eigenvalue weighted by molar-refractivity contribution is 0.0600. The van der Waals surface area contributed by atoms with Gasteiger partial charge in [-0.3, -0.25) is 4.90 Å². The van der Waals surface area contributed by atoms with E-state index >= 15 is 0 Å². The summed E-state index contributed by atoms with van der Waals surface area (Å²) in [6.07, 6.45) is 0. The molecule has 0 radical (unpaired) electrons. The summed E-state index contributed by atoms with van der Waals surface area (Å²) in [5.74, 6) is 0.415. The minimum absolute atomic E-state index is 0.194. The van der Waals surface area contributed by atoms with E-state index in [2.05, 4.69) is 15.0 Å². The summed E-state index contributed by atoms with van der Waals surface area (Å²) in [7, 11) is 1.35. The summed E-state index contributed by atoms with van der Waals surface area (Å²) >= 11 is 0. The van der Waals surface area contributed by atoms with Crippen molar-refractivity contribution < 1.29 is 18.4 Å². The summed E-state index contributed by atoms with van der Waals surface area (Å²) in [5.41, 5.74) is 1.87. The Morgan fingerprint density at radius 1 is 1.10 bits per heavy atom. The molecule has 29 heavy (non-hydrogen) atoms. The molecule has 4 rings (SSSR count). The van der Waals surface area contributed by atoms with Crippen molar-refractivity contribution in [2.75, 3.05) is 38.2 Å². The van der Waals surface area contributed by atoms with Crippen molar-refractivity contribution in [2.45, 2.75) is 6.54 Å². The molecule has 0 amide bonds. The smallest absolute Gasteiger partial charge is 0.337 e. The van der Waals surface area contributed by atoms with Gasteiger partial charge in [-0.05, 0) is 24.3 Å². The highest BCUT2D eigenvalue weighted by atomic mass is 19.1. The van der Waals surface area contributed by atoms with Crippen LogP contribution < -0.4 is 4.90 Å². The number of hydrogen-bond donors (Lipinski definition) is 0. The predicted octanol–water partition coefficient (Wildman–Crippen LogP) is 2.98. The summed E-state index contributed by atoms with van der Waals surface area (Å²) in [4.78, 5) is 20.2. The highest BCUT2D eigenvalue weighted by Crippen LogP contribution is 2.21. The van der Waals surface area contributed by atoms with E-state index in [-0.39, 0.29) is 11.8 Å². The molecule has 0 spiro atoms. The van der Waals surface area contributed by atoms with E-state index in [9.17, 15) is 9.18 Å². The summed E-state index contributed by atoms with van der Waals surface area (Å²) in [5, 5.41) is 4.03. The Hall–Kier alpha value is -3.26. The van der Waals surface area contributed by atoms with Crippen LogP contribution in [0.5, 0.6) is 0 Å². The average molecular weight is 396 g/mol. The molecule has 0 N–H and O–H groups in total. The van der Waals surface area contributed by atoms with Crippen LogP contribution in [0, 0.1) is 5.82 Å². The van der Waals surface area contributed by atoms with E-state index in [1.165, 1.54) is 13.2 Å². The number of para-hydroxylation sites is 1. The zero-order valence-electron chi connectivity index (χ0n) is 16.0. The molecule has 0 saturated carbocycles. The SMILES string of the molecule is COC(=O)c1ccc(-c2noc(CN3CCN(c4ccccc4F)CC3)n2)cc1. The molecule has 2 aromatic carbocycles. The third-order valence-corrected chi connectivity index (χ3v) is 4.96. The van der Waals surface area contributed by atoms with Gasteiger partial charge in [-0.25, -0.2) is 9.18 Å². The van der Waals surface area contributed by atoms with Gasteiger partial charge in [0.2, 0.25) is 11.7 Å². The van der Waals surface area contributed by atoms with Crippen LogP contribution in [0.15, 0.2) is 53.1 Å². The number of halogens is 1. The lowest BCUT2D eigenvalue weighted by atomic mass is 10.1. The van der Waals surface area contributed by atoms with Crippen molar-refractivity contribution in [1.29, 1.82) is 0 Å². The average Bonchev–Trinajstić information content (AvgIpc) is 3.23. The number of carbonyl (C=O) groups excluding carboxylic acids is 1. The Labute approximate surface area is 167 Å². The van der Waals surface area contributed by atoms with Crippen LogP contribution in [0.3, 0.4) is 0 Å². The molecule has 7 nitrogen and oxygen atoms in total. The summed E-state index contributed by atoms with van der Waals surface area (Å²) < 4.78 is 24.0. The molecule has 2 heterocycles. The van der Waals surface area contributed by atoms with Gasteiger partial charge in [0.15, 0.2) is 0 Å². The van der Waals surface area contributed by atoms with Crippen LogP contribution in [0.2, 0.25) is 0 Å². The van der Waals surface area contributed by atoms with E-state index in [1.807, 2.05) is 11.0 Å². The van der Waals surface area contributed by atoms with Crippen molar-refractivity contribution in [3.63, 3.8) is 0 Å². The van der Waals surface area contributed by atoms with Crippen molar-refractivity contribution in [2.24, 2.45) is 0 Å². The Morgan fingerprint density at radius 3 is 2.52 bits per heavy atom. The second-order valence-electron chi connectivity index (χ2n) is 6.80. The number of benzene rings is 2. The molecular formula is C21H21FN4O3. The van der Waals surface area contributed by atoms with Crippen LogP contribution in [-0.2, 0) is 11.3 Å². The number of ether oxygens (including phenoxy) is 1.